The van der Waals surface area contributed by atoms with Crippen LogP contribution in [0.4, 0.5) is 0 Å². The van der Waals surface area contributed by atoms with E-state index in [0.717, 1.165) is 11.5 Å². The molecule has 0 radical (unpaired) electrons. The topological polar surface area (TPSA) is 100 Å². The number of aliphatic imine (C=N–C) groups is 1. The van der Waals surface area contributed by atoms with Gasteiger partial charge in [-0.15, -0.1) is 0 Å². The lowest BCUT2D eigenvalue weighted by atomic mass is 10.4. The Labute approximate surface area is 161 Å². The molecule has 0 aromatic carbocycles. The zero-order valence-electron chi connectivity index (χ0n) is 16.9. The van der Waals surface area contributed by atoms with Crippen LogP contribution in [0.25, 0.3) is 0 Å². The number of ether oxygens (including phenoxy) is 1. The molecule has 0 amide bonds. The Morgan fingerprint density at radius 3 is 2.48 bits per heavy atom. The molecule has 2 heterocycles. The number of oxazole rings is 1. The van der Waals surface area contributed by atoms with Crippen LogP contribution in [0.2, 0.25) is 0 Å². The largest absolute Gasteiger partial charge is 0.444 e. The number of hydrogen-bond donors (Lipinski definition) is 1. The first kappa shape index (κ1) is 21.6. The van der Waals surface area contributed by atoms with Gasteiger partial charge in [-0.2, -0.15) is 4.31 Å². The van der Waals surface area contributed by atoms with Crippen molar-refractivity contribution in [1.82, 2.24) is 19.5 Å². The van der Waals surface area contributed by atoms with Crippen LogP contribution in [0, 0.1) is 13.8 Å². The number of piperazine rings is 1. The molecule has 0 spiro atoms. The van der Waals surface area contributed by atoms with E-state index in [9.17, 15) is 8.42 Å². The Hall–Kier alpha value is -1.65. The van der Waals surface area contributed by atoms with Crippen LogP contribution in [0.1, 0.15) is 31.2 Å². The Bertz CT molecular complexity index is 717. The van der Waals surface area contributed by atoms with E-state index in [1.165, 1.54) is 4.31 Å². The molecule has 1 aromatic heterocycles. The number of sulfonamides is 1. The van der Waals surface area contributed by atoms with E-state index in [1.807, 2.05) is 32.6 Å². The molecule has 9 nitrogen and oxygen atoms in total. The van der Waals surface area contributed by atoms with Crippen LogP contribution in [0.15, 0.2) is 9.41 Å². The van der Waals surface area contributed by atoms with Gasteiger partial charge in [-0.25, -0.2) is 13.4 Å². The normalized spacial score (nSPS) is 17.0. The smallest absolute Gasteiger partial charge is 0.216 e. The Kier molecular flexibility index (Phi) is 7.63. The van der Waals surface area contributed by atoms with Crippen molar-refractivity contribution < 1.29 is 17.6 Å². The third-order valence-corrected chi connectivity index (χ3v) is 6.24. The maximum atomic E-state index is 12.4. The first-order valence-electron chi connectivity index (χ1n) is 9.21. The zero-order valence-corrected chi connectivity index (χ0v) is 17.7. The average Bonchev–Trinajstić information content (AvgIpc) is 2.93. The monoisotopic (exact) mass is 401 g/mol. The van der Waals surface area contributed by atoms with Crippen LogP contribution < -0.4 is 5.32 Å². The van der Waals surface area contributed by atoms with Crippen molar-refractivity contribution in [2.75, 3.05) is 45.6 Å². The van der Waals surface area contributed by atoms with E-state index in [0.29, 0.717) is 44.6 Å². The summed E-state index contributed by atoms with van der Waals surface area (Å²) in [4.78, 5) is 10.7. The predicted octanol–water partition coefficient (Wildman–Crippen LogP) is 0.739. The van der Waals surface area contributed by atoms with Crippen molar-refractivity contribution in [3.63, 3.8) is 0 Å². The molecular formula is C17H31N5O4S. The summed E-state index contributed by atoms with van der Waals surface area (Å²) in [5.74, 6) is 2.14. The average molecular weight is 402 g/mol. The first-order chi connectivity index (χ1) is 12.7. The molecule has 0 aliphatic carbocycles. The van der Waals surface area contributed by atoms with Gasteiger partial charge >= 0.3 is 0 Å². The molecular weight excluding hydrogens is 370 g/mol. The maximum absolute atomic E-state index is 12.4. The summed E-state index contributed by atoms with van der Waals surface area (Å²) in [7, 11) is -1.59. The van der Waals surface area contributed by atoms with Crippen LogP contribution in [-0.2, 0) is 21.3 Å². The summed E-state index contributed by atoms with van der Waals surface area (Å²) in [5.41, 5.74) is 0.877. The Balaban J connectivity index is 1.83. The molecule has 1 aliphatic rings. The van der Waals surface area contributed by atoms with Gasteiger partial charge in [0, 0.05) is 33.2 Å². The van der Waals surface area contributed by atoms with E-state index in [-0.39, 0.29) is 18.5 Å². The number of nitrogens with zero attached hydrogens (tertiary/aromatic N) is 4. The van der Waals surface area contributed by atoms with E-state index in [2.05, 4.69) is 15.3 Å². The first-order valence-corrected chi connectivity index (χ1v) is 10.8. The second-order valence-electron chi connectivity index (χ2n) is 6.77. The number of aryl methyl sites for hydroxylation is 2. The minimum Gasteiger partial charge on any atom is -0.444 e. The van der Waals surface area contributed by atoms with Gasteiger partial charge in [0.2, 0.25) is 15.9 Å². The van der Waals surface area contributed by atoms with Gasteiger partial charge in [0.15, 0.2) is 5.96 Å². The summed E-state index contributed by atoms with van der Waals surface area (Å²) in [6.07, 6.45) is 0.0303. The summed E-state index contributed by atoms with van der Waals surface area (Å²) < 4.78 is 37.3. The highest BCUT2D eigenvalue weighted by atomic mass is 32.2. The SMILES string of the molecule is CN=C(NCc1nc(C)c(C)o1)N1CCN(S(=O)(=O)CCOC(C)C)CC1. The van der Waals surface area contributed by atoms with Crippen molar-refractivity contribution in [3.05, 3.63) is 17.3 Å². The molecule has 1 fully saturated rings. The molecule has 0 saturated carbocycles. The van der Waals surface area contributed by atoms with Gasteiger partial charge in [0.1, 0.15) is 5.76 Å². The summed E-state index contributed by atoms with van der Waals surface area (Å²) >= 11 is 0. The van der Waals surface area contributed by atoms with Gasteiger partial charge in [0.25, 0.3) is 0 Å². The van der Waals surface area contributed by atoms with Gasteiger partial charge in [-0.1, -0.05) is 0 Å². The maximum Gasteiger partial charge on any atom is 0.216 e. The van der Waals surface area contributed by atoms with Crippen molar-refractivity contribution in [2.45, 2.75) is 40.3 Å². The van der Waals surface area contributed by atoms with Crippen LogP contribution in [0.3, 0.4) is 0 Å². The van der Waals surface area contributed by atoms with Gasteiger partial charge in [-0.05, 0) is 27.7 Å². The number of aromatic nitrogens is 1. The summed E-state index contributed by atoms with van der Waals surface area (Å²) in [6, 6.07) is 0. The van der Waals surface area contributed by atoms with Gasteiger partial charge in [0.05, 0.1) is 30.7 Å². The molecule has 0 atom stereocenters. The third kappa shape index (κ3) is 6.18. The van der Waals surface area contributed by atoms with Crippen molar-refractivity contribution in [1.29, 1.82) is 0 Å². The van der Waals surface area contributed by atoms with E-state index >= 15 is 0 Å². The molecule has 1 aliphatic heterocycles. The Morgan fingerprint density at radius 2 is 1.96 bits per heavy atom. The van der Waals surface area contributed by atoms with Crippen molar-refractivity contribution in [2.24, 2.45) is 4.99 Å². The van der Waals surface area contributed by atoms with Crippen molar-refractivity contribution in [3.8, 4) is 0 Å². The molecule has 27 heavy (non-hydrogen) atoms. The molecule has 154 valence electrons. The number of rotatable bonds is 7. The third-order valence-electron chi connectivity index (χ3n) is 4.41. The van der Waals surface area contributed by atoms with E-state index in [4.69, 9.17) is 9.15 Å². The fraction of sp³-hybridized carbons (Fsp3) is 0.765. The van der Waals surface area contributed by atoms with Crippen LogP contribution >= 0.6 is 0 Å². The lowest BCUT2D eigenvalue weighted by Gasteiger charge is -2.35. The highest BCUT2D eigenvalue weighted by Crippen LogP contribution is 2.10. The molecule has 1 N–H and O–H groups in total. The fourth-order valence-corrected chi connectivity index (χ4v) is 4.08. The second-order valence-corrected chi connectivity index (χ2v) is 8.86. The number of nitrogens with one attached hydrogen (secondary N) is 1. The quantitative estimate of drug-likeness (QED) is 0.531. The van der Waals surface area contributed by atoms with E-state index < -0.39 is 10.0 Å². The second kappa shape index (κ2) is 9.52. The molecule has 0 bridgehead atoms. The van der Waals surface area contributed by atoms with Gasteiger partial charge in [-0.3, -0.25) is 4.99 Å². The molecule has 2 rings (SSSR count). The lowest BCUT2D eigenvalue weighted by molar-refractivity contribution is 0.0904. The minimum absolute atomic E-state index is 0.0149. The van der Waals surface area contributed by atoms with Gasteiger partial charge < -0.3 is 19.4 Å². The fourth-order valence-electron chi connectivity index (χ4n) is 2.80. The summed E-state index contributed by atoms with van der Waals surface area (Å²) in [5, 5.41) is 3.23. The molecule has 1 saturated heterocycles. The molecule has 0 unspecified atom stereocenters. The van der Waals surface area contributed by atoms with E-state index in [1.54, 1.807) is 7.05 Å². The minimum atomic E-state index is -3.30. The lowest BCUT2D eigenvalue weighted by Crippen LogP contribution is -2.54. The standard InChI is InChI=1S/C17H31N5O4S/c1-13(2)25-10-11-27(23,24)22-8-6-21(7-9-22)17(18-5)19-12-16-20-14(3)15(4)26-16/h13H,6-12H2,1-5H3,(H,18,19). The van der Waals surface area contributed by atoms with Crippen LogP contribution in [0.5, 0.6) is 0 Å². The molecule has 10 heteroatoms. The summed E-state index contributed by atoms with van der Waals surface area (Å²) in [6.45, 7) is 10.3. The number of guanidine groups is 1. The highest BCUT2D eigenvalue weighted by Gasteiger charge is 2.28. The number of hydrogen-bond acceptors (Lipinski definition) is 6. The zero-order chi connectivity index (χ0) is 20.0. The van der Waals surface area contributed by atoms with Crippen molar-refractivity contribution >= 4 is 16.0 Å². The highest BCUT2D eigenvalue weighted by molar-refractivity contribution is 7.89. The Morgan fingerprint density at radius 1 is 1.30 bits per heavy atom. The van der Waals surface area contributed by atoms with Crippen LogP contribution in [-0.4, -0.2) is 80.3 Å². The predicted molar refractivity (Wildman–Crippen MR) is 104 cm³/mol. The molecule has 1 aromatic rings.